The SMILES string of the molecule is CN1CCC(NS(=O)(=O)c2ccc(N3CCCC3=O)cc2)CC1. The van der Waals surface area contributed by atoms with Gasteiger partial charge in [0, 0.05) is 24.7 Å². The molecule has 7 heteroatoms. The number of likely N-dealkylation sites (tertiary alicyclic amines) is 1. The van der Waals surface area contributed by atoms with Crippen molar-refractivity contribution in [2.45, 2.75) is 36.6 Å². The summed E-state index contributed by atoms with van der Waals surface area (Å²) in [7, 11) is -1.46. The molecule has 126 valence electrons. The summed E-state index contributed by atoms with van der Waals surface area (Å²) in [6, 6.07) is 6.59. The minimum atomic E-state index is -3.50. The van der Waals surface area contributed by atoms with Crippen LogP contribution in [0.3, 0.4) is 0 Å². The molecular weight excluding hydrogens is 314 g/mol. The summed E-state index contributed by atoms with van der Waals surface area (Å²) in [5.41, 5.74) is 0.769. The zero-order chi connectivity index (χ0) is 16.4. The van der Waals surface area contributed by atoms with Crippen molar-refractivity contribution in [3.05, 3.63) is 24.3 Å². The van der Waals surface area contributed by atoms with Gasteiger partial charge in [0.05, 0.1) is 4.90 Å². The lowest BCUT2D eigenvalue weighted by molar-refractivity contribution is -0.117. The van der Waals surface area contributed by atoms with Crippen LogP contribution in [0.5, 0.6) is 0 Å². The van der Waals surface area contributed by atoms with Gasteiger partial charge >= 0.3 is 0 Å². The smallest absolute Gasteiger partial charge is 0.240 e. The van der Waals surface area contributed by atoms with E-state index in [1.165, 1.54) is 0 Å². The summed E-state index contributed by atoms with van der Waals surface area (Å²) >= 11 is 0. The first-order valence-electron chi connectivity index (χ1n) is 8.07. The van der Waals surface area contributed by atoms with Crippen molar-refractivity contribution >= 4 is 21.6 Å². The van der Waals surface area contributed by atoms with E-state index in [2.05, 4.69) is 9.62 Å². The predicted molar refractivity (Wildman–Crippen MR) is 88.9 cm³/mol. The molecule has 2 aliphatic rings. The van der Waals surface area contributed by atoms with Gasteiger partial charge in [0.15, 0.2) is 0 Å². The van der Waals surface area contributed by atoms with Crippen LogP contribution in [0.1, 0.15) is 25.7 Å². The number of hydrogen-bond acceptors (Lipinski definition) is 4. The van der Waals surface area contributed by atoms with Crippen molar-refractivity contribution < 1.29 is 13.2 Å². The lowest BCUT2D eigenvalue weighted by Gasteiger charge is -2.29. The van der Waals surface area contributed by atoms with E-state index in [1.807, 2.05) is 7.05 Å². The van der Waals surface area contributed by atoms with Gasteiger partial charge in [-0.05, 0) is 63.7 Å². The van der Waals surface area contributed by atoms with E-state index in [-0.39, 0.29) is 16.8 Å². The van der Waals surface area contributed by atoms with Gasteiger partial charge in [-0.2, -0.15) is 0 Å². The molecule has 2 saturated heterocycles. The Kier molecular flexibility index (Phi) is 4.70. The molecule has 1 N–H and O–H groups in total. The number of nitrogens with zero attached hydrogens (tertiary/aromatic N) is 2. The van der Waals surface area contributed by atoms with Crippen molar-refractivity contribution in [3.63, 3.8) is 0 Å². The molecule has 0 atom stereocenters. The van der Waals surface area contributed by atoms with Crippen molar-refractivity contribution in [1.82, 2.24) is 9.62 Å². The van der Waals surface area contributed by atoms with E-state index in [0.717, 1.165) is 38.0 Å². The molecule has 1 aromatic rings. The van der Waals surface area contributed by atoms with E-state index in [1.54, 1.807) is 29.2 Å². The molecule has 0 aromatic heterocycles. The molecule has 1 aromatic carbocycles. The number of hydrogen-bond donors (Lipinski definition) is 1. The van der Waals surface area contributed by atoms with Crippen LogP contribution in [-0.2, 0) is 14.8 Å². The topological polar surface area (TPSA) is 69.7 Å². The van der Waals surface area contributed by atoms with Crippen LogP contribution < -0.4 is 9.62 Å². The molecule has 1 amide bonds. The van der Waals surface area contributed by atoms with Crippen molar-refractivity contribution in [3.8, 4) is 0 Å². The van der Waals surface area contributed by atoms with Crippen LogP contribution in [-0.4, -0.2) is 51.9 Å². The molecule has 23 heavy (non-hydrogen) atoms. The number of sulfonamides is 1. The van der Waals surface area contributed by atoms with E-state index in [9.17, 15) is 13.2 Å². The fraction of sp³-hybridized carbons (Fsp3) is 0.562. The highest BCUT2D eigenvalue weighted by Gasteiger charge is 2.25. The van der Waals surface area contributed by atoms with Crippen molar-refractivity contribution in [1.29, 1.82) is 0 Å². The van der Waals surface area contributed by atoms with Gasteiger partial charge in [-0.25, -0.2) is 13.1 Å². The van der Waals surface area contributed by atoms with Crippen LogP contribution in [0, 0.1) is 0 Å². The normalized spacial score (nSPS) is 21.1. The molecule has 0 spiro atoms. The number of carbonyl (C=O) groups is 1. The number of carbonyl (C=O) groups excluding carboxylic acids is 1. The van der Waals surface area contributed by atoms with Gasteiger partial charge in [0.25, 0.3) is 0 Å². The largest absolute Gasteiger partial charge is 0.312 e. The average Bonchev–Trinajstić information content (AvgIpc) is 2.96. The summed E-state index contributed by atoms with van der Waals surface area (Å²) in [4.78, 5) is 15.9. The monoisotopic (exact) mass is 337 g/mol. The Bertz CT molecular complexity index is 664. The second-order valence-electron chi connectivity index (χ2n) is 6.34. The second kappa shape index (κ2) is 6.59. The minimum Gasteiger partial charge on any atom is -0.312 e. The number of amides is 1. The third-order valence-electron chi connectivity index (χ3n) is 4.57. The molecule has 0 saturated carbocycles. The van der Waals surface area contributed by atoms with Crippen LogP contribution >= 0.6 is 0 Å². The minimum absolute atomic E-state index is 0.00367. The fourth-order valence-electron chi connectivity index (χ4n) is 3.14. The maximum Gasteiger partial charge on any atom is 0.240 e. The van der Waals surface area contributed by atoms with Crippen molar-refractivity contribution in [2.75, 3.05) is 31.6 Å². The Morgan fingerprint density at radius 1 is 1.09 bits per heavy atom. The highest BCUT2D eigenvalue weighted by molar-refractivity contribution is 7.89. The Balaban J connectivity index is 1.69. The zero-order valence-corrected chi connectivity index (χ0v) is 14.2. The van der Waals surface area contributed by atoms with Crippen LogP contribution in [0.2, 0.25) is 0 Å². The van der Waals surface area contributed by atoms with Crippen LogP contribution in [0.15, 0.2) is 29.2 Å². The Hall–Kier alpha value is -1.44. The van der Waals surface area contributed by atoms with Gasteiger partial charge in [0.2, 0.25) is 15.9 Å². The maximum absolute atomic E-state index is 12.5. The van der Waals surface area contributed by atoms with Gasteiger partial charge in [-0.3, -0.25) is 4.79 Å². The Morgan fingerprint density at radius 2 is 1.74 bits per heavy atom. The summed E-state index contributed by atoms with van der Waals surface area (Å²) in [6.07, 6.45) is 3.08. The number of rotatable bonds is 4. The molecule has 2 fully saturated rings. The first-order valence-corrected chi connectivity index (χ1v) is 9.55. The molecular formula is C16H23N3O3S. The average molecular weight is 337 g/mol. The molecule has 0 radical (unpaired) electrons. The zero-order valence-electron chi connectivity index (χ0n) is 13.4. The maximum atomic E-state index is 12.5. The number of benzene rings is 1. The number of nitrogens with one attached hydrogen (secondary N) is 1. The number of anilines is 1. The predicted octanol–water partition coefficient (Wildman–Crippen LogP) is 1.19. The molecule has 3 rings (SSSR count). The van der Waals surface area contributed by atoms with Gasteiger partial charge in [-0.15, -0.1) is 0 Å². The lowest BCUT2D eigenvalue weighted by atomic mass is 10.1. The molecule has 6 nitrogen and oxygen atoms in total. The third-order valence-corrected chi connectivity index (χ3v) is 6.11. The van der Waals surface area contributed by atoms with Crippen LogP contribution in [0.4, 0.5) is 5.69 Å². The summed E-state index contributed by atoms with van der Waals surface area (Å²) < 4.78 is 27.7. The first-order chi connectivity index (χ1) is 11.0. The Labute approximate surface area is 137 Å². The van der Waals surface area contributed by atoms with Crippen LogP contribution in [0.25, 0.3) is 0 Å². The first kappa shape index (κ1) is 16.4. The second-order valence-corrected chi connectivity index (χ2v) is 8.06. The molecule has 0 unspecified atom stereocenters. The van der Waals surface area contributed by atoms with Gasteiger partial charge in [0.1, 0.15) is 0 Å². The summed E-state index contributed by atoms with van der Waals surface area (Å²) in [5, 5.41) is 0. The Morgan fingerprint density at radius 3 is 2.30 bits per heavy atom. The molecule has 0 aliphatic carbocycles. The van der Waals surface area contributed by atoms with E-state index in [0.29, 0.717) is 13.0 Å². The molecule has 0 bridgehead atoms. The fourth-order valence-corrected chi connectivity index (χ4v) is 4.45. The third kappa shape index (κ3) is 3.73. The molecule has 2 heterocycles. The van der Waals surface area contributed by atoms with E-state index >= 15 is 0 Å². The highest BCUT2D eigenvalue weighted by Crippen LogP contribution is 2.23. The van der Waals surface area contributed by atoms with E-state index < -0.39 is 10.0 Å². The highest BCUT2D eigenvalue weighted by atomic mass is 32.2. The molecule has 2 aliphatic heterocycles. The standard InChI is InChI=1S/C16H23N3O3S/c1-18-11-8-13(9-12-18)17-23(21,22)15-6-4-14(5-7-15)19-10-2-3-16(19)20/h4-7,13,17H,2-3,8-12H2,1H3. The summed E-state index contributed by atoms with van der Waals surface area (Å²) in [6.45, 7) is 2.52. The van der Waals surface area contributed by atoms with E-state index in [4.69, 9.17) is 0 Å². The van der Waals surface area contributed by atoms with Gasteiger partial charge < -0.3 is 9.80 Å². The number of piperidine rings is 1. The quantitative estimate of drug-likeness (QED) is 0.896. The lowest BCUT2D eigenvalue weighted by Crippen LogP contribution is -2.43. The summed E-state index contributed by atoms with van der Waals surface area (Å²) in [5.74, 6) is 0.102. The van der Waals surface area contributed by atoms with Gasteiger partial charge in [-0.1, -0.05) is 0 Å². The van der Waals surface area contributed by atoms with Crippen molar-refractivity contribution in [2.24, 2.45) is 0 Å².